The molecule has 5 nitrogen and oxygen atoms in total. The van der Waals surface area contributed by atoms with Gasteiger partial charge < -0.3 is 10.6 Å². The summed E-state index contributed by atoms with van der Waals surface area (Å²) in [7, 11) is 0. The zero-order valence-electron chi connectivity index (χ0n) is 13.3. The Kier molecular flexibility index (Phi) is 5.16. The SMILES string of the molecule is Cc1ccccc1Nc1ncc(C(=O)Nc2ccc(Cl)cc2Cl)cn1. The standard InChI is InChI=1S/C18H14Cl2N4O/c1-11-4-2-3-5-15(11)24-18-21-9-12(10-22-18)17(25)23-16-7-6-13(19)8-14(16)20/h2-10H,1H3,(H,23,25)(H,21,22,24). The summed E-state index contributed by atoms with van der Waals surface area (Å²) in [6.45, 7) is 1.99. The number of aryl methyl sites for hydroxylation is 1. The minimum absolute atomic E-state index is 0.321. The molecule has 1 amide bonds. The summed E-state index contributed by atoms with van der Waals surface area (Å²) in [5.41, 5.74) is 2.78. The molecule has 0 saturated heterocycles. The van der Waals surface area contributed by atoms with Gasteiger partial charge in [-0.25, -0.2) is 9.97 Å². The maximum Gasteiger partial charge on any atom is 0.258 e. The van der Waals surface area contributed by atoms with Crippen LogP contribution in [-0.4, -0.2) is 15.9 Å². The molecule has 3 rings (SSSR count). The Morgan fingerprint density at radius 2 is 1.72 bits per heavy atom. The molecule has 0 fully saturated rings. The number of hydrogen-bond donors (Lipinski definition) is 2. The van der Waals surface area contributed by atoms with E-state index in [1.165, 1.54) is 12.4 Å². The van der Waals surface area contributed by atoms with E-state index in [1.54, 1.807) is 18.2 Å². The lowest BCUT2D eigenvalue weighted by Gasteiger charge is -2.09. The molecule has 0 bridgehead atoms. The fraction of sp³-hybridized carbons (Fsp3) is 0.0556. The average molecular weight is 373 g/mol. The fourth-order valence-corrected chi connectivity index (χ4v) is 2.58. The second-order valence-electron chi connectivity index (χ2n) is 5.31. The molecule has 0 aliphatic rings. The molecule has 2 aromatic carbocycles. The number of amides is 1. The number of para-hydroxylation sites is 1. The van der Waals surface area contributed by atoms with Gasteiger partial charge in [-0.15, -0.1) is 0 Å². The second kappa shape index (κ2) is 7.51. The van der Waals surface area contributed by atoms with E-state index in [1.807, 2.05) is 31.2 Å². The number of rotatable bonds is 4. The molecule has 0 atom stereocenters. The zero-order valence-corrected chi connectivity index (χ0v) is 14.8. The first-order chi connectivity index (χ1) is 12.0. The molecule has 0 radical (unpaired) electrons. The van der Waals surface area contributed by atoms with Gasteiger partial charge in [-0.05, 0) is 36.8 Å². The maximum absolute atomic E-state index is 12.3. The first kappa shape index (κ1) is 17.2. The molecule has 0 aliphatic carbocycles. The van der Waals surface area contributed by atoms with Crippen LogP contribution in [0.1, 0.15) is 15.9 Å². The van der Waals surface area contributed by atoms with Crippen LogP contribution in [0.5, 0.6) is 0 Å². The highest BCUT2D eigenvalue weighted by molar-refractivity contribution is 6.36. The van der Waals surface area contributed by atoms with E-state index in [0.717, 1.165) is 11.3 Å². The van der Waals surface area contributed by atoms with Crippen LogP contribution in [-0.2, 0) is 0 Å². The normalized spacial score (nSPS) is 10.4. The van der Waals surface area contributed by atoms with Crippen LogP contribution in [0.15, 0.2) is 54.9 Å². The molecular weight excluding hydrogens is 359 g/mol. The van der Waals surface area contributed by atoms with Gasteiger partial charge in [-0.1, -0.05) is 41.4 Å². The lowest BCUT2D eigenvalue weighted by molar-refractivity contribution is 0.102. The predicted molar refractivity (Wildman–Crippen MR) is 101 cm³/mol. The van der Waals surface area contributed by atoms with E-state index in [-0.39, 0.29) is 5.91 Å². The van der Waals surface area contributed by atoms with E-state index in [9.17, 15) is 4.79 Å². The van der Waals surface area contributed by atoms with Gasteiger partial charge in [0.25, 0.3) is 5.91 Å². The Morgan fingerprint density at radius 1 is 1.00 bits per heavy atom. The number of hydrogen-bond acceptors (Lipinski definition) is 4. The van der Waals surface area contributed by atoms with Crippen molar-refractivity contribution in [3.8, 4) is 0 Å². The quantitative estimate of drug-likeness (QED) is 0.669. The van der Waals surface area contributed by atoms with Gasteiger partial charge >= 0.3 is 0 Å². The van der Waals surface area contributed by atoms with Crippen LogP contribution in [0.25, 0.3) is 0 Å². The predicted octanol–water partition coefficient (Wildman–Crippen LogP) is 5.09. The van der Waals surface area contributed by atoms with Crippen LogP contribution in [0.3, 0.4) is 0 Å². The largest absolute Gasteiger partial charge is 0.324 e. The summed E-state index contributed by atoms with van der Waals surface area (Å²) in [4.78, 5) is 20.6. The lowest BCUT2D eigenvalue weighted by Crippen LogP contribution is -2.13. The smallest absolute Gasteiger partial charge is 0.258 e. The van der Waals surface area contributed by atoms with Gasteiger partial charge in [0.2, 0.25) is 5.95 Å². The van der Waals surface area contributed by atoms with Crippen molar-refractivity contribution in [2.75, 3.05) is 10.6 Å². The van der Waals surface area contributed by atoms with Crippen molar-refractivity contribution in [3.63, 3.8) is 0 Å². The summed E-state index contributed by atoms with van der Waals surface area (Å²) < 4.78 is 0. The molecule has 0 unspecified atom stereocenters. The number of nitrogens with one attached hydrogen (secondary N) is 2. The minimum Gasteiger partial charge on any atom is -0.324 e. The highest BCUT2D eigenvalue weighted by Gasteiger charge is 2.10. The third kappa shape index (κ3) is 4.26. The summed E-state index contributed by atoms with van der Waals surface area (Å²) >= 11 is 11.9. The number of carbonyl (C=O) groups excluding carboxylic acids is 1. The van der Waals surface area contributed by atoms with Gasteiger partial charge in [0.05, 0.1) is 16.3 Å². The van der Waals surface area contributed by atoms with Crippen molar-refractivity contribution < 1.29 is 4.79 Å². The van der Waals surface area contributed by atoms with Crippen LogP contribution in [0, 0.1) is 6.92 Å². The molecule has 1 heterocycles. The second-order valence-corrected chi connectivity index (χ2v) is 6.16. The van der Waals surface area contributed by atoms with E-state index in [0.29, 0.717) is 27.2 Å². The summed E-state index contributed by atoms with van der Waals surface area (Å²) in [6, 6.07) is 12.6. The molecule has 0 aliphatic heterocycles. The van der Waals surface area contributed by atoms with E-state index in [4.69, 9.17) is 23.2 Å². The molecule has 126 valence electrons. The van der Waals surface area contributed by atoms with Crippen molar-refractivity contribution in [2.45, 2.75) is 6.92 Å². The fourth-order valence-electron chi connectivity index (χ4n) is 2.13. The Bertz CT molecular complexity index is 913. The molecule has 2 N–H and O–H groups in total. The number of nitrogens with zero attached hydrogens (tertiary/aromatic N) is 2. The molecule has 0 saturated carbocycles. The number of aromatic nitrogens is 2. The zero-order chi connectivity index (χ0) is 17.8. The van der Waals surface area contributed by atoms with Crippen molar-refractivity contribution >= 4 is 46.4 Å². The molecule has 0 spiro atoms. The van der Waals surface area contributed by atoms with Crippen LogP contribution in [0.4, 0.5) is 17.3 Å². The lowest BCUT2D eigenvalue weighted by atomic mass is 10.2. The van der Waals surface area contributed by atoms with Crippen molar-refractivity contribution in [1.29, 1.82) is 0 Å². The maximum atomic E-state index is 12.3. The number of carbonyl (C=O) groups is 1. The van der Waals surface area contributed by atoms with Gasteiger partial charge in [-0.2, -0.15) is 0 Å². The minimum atomic E-state index is -0.355. The molecule has 1 aromatic heterocycles. The van der Waals surface area contributed by atoms with Crippen LogP contribution < -0.4 is 10.6 Å². The van der Waals surface area contributed by atoms with E-state index < -0.39 is 0 Å². The first-order valence-electron chi connectivity index (χ1n) is 7.44. The first-order valence-corrected chi connectivity index (χ1v) is 8.19. The van der Waals surface area contributed by atoms with Gasteiger partial charge in [-0.3, -0.25) is 4.79 Å². The monoisotopic (exact) mass is 372 g/mol. The summed E-state index contributed by atoms with van der Waals surface area (Å²) in [5.74, 6) is 0.0574. The molecular formula is C18H14Cl2N4O. The van der Waals surface area contributed by atoms with E-state index in [2.05, 4.69) is 20.6 Å². The molecule has 7 heteroatoms. The van der Waals surface area contributed by atoms with Crippen LogP contribution >= 0.6 is 23.2 Å². The Balaban J connectivity index is 1.71. The Labute approximate surface area is 155 Å². The van der Waals surface area contributed by atoms with Gasteiger partial charge in [0, 0.05) is 23.1 Å². The van der Waals surface area contributed by atoms with Gasteiger partial charge in [0.15, 0.2) is 0 Å². The highest BCUT2D eigenvalue weighted by atomic mass is 35.5. The van der Waals surface area contributed by atoms with Crippen molar-refractivity contribution in [3.05, 3.63) is 76.0 Å². The highest BCUT2D eigenvalue weighted by Crippen LogP contribution is 2.25. The average Bonchev–Trinajstić information content (AvgIpc) is 2.60. The van der Waals surface area contributed by atoms with Gasteiger partial charge in [0.1, 0.15) is 0 Å². The number of halogens is 2. The Morgan fingerprint density at radius 3 is 2.40 bits per heavy atom. The topological polar surface area (TPSA) is 66.9 Å². The van der Waals surface area contributed by atoms with Crippen molar-refractivity contribution in [2.24, 2.45) is 0 Å². The summed E-state index contributed by atoms with van der Waals surface area (Å²) in [6.07, 6.45) is 2.90. The molecule has 25 heavy (non-hydrogen) atoms. The van der Waals surface area contributed by atoms with Crippen LogP contribution in [0.2, 0.25) is 10.0 Å². The molecule has 3 aromatic rings. The third-order valence-corrected chi connectivity index (χ3v) is 4.03. The Hall–Kier alpha value is -2.63. The number of anilines is 3. The van der Waals surface area contributed by atoms with Crippen molar-refractivity contribution in [1.82, 2.24) is 9.97 Å². The van der Waals surface area contributed by atoms with E-state index >= 15 is 0 Å². The third-order valence-electron chi connectivity index (χ3n) is 3.48. The summed E-state index contributed by atoms with van der Waals surface area (Å²) in [5, 5.41) is 6.67. The number of benzene rings is 2.